The van der Waals surface area contributed by atoms with Gasteiger partial charge in [-0.05, 0) is 48.2 Å². The predicted molar refractivity (Wildman–Crippen MR) is 133 cm³/mol. The molecular formula is C29H30N2O5. The van der Waals surface area contributed by atoms with Gasteiger partial charge in [-0.3, -0.25) is 19.3 Å². The van der Waals surface area contributed by atoms with Crippen LogP contribution in [-0.2, 0) is 9.59 Å². The molecule has 0 radical (unpaired) electrons. The van der Waals surface area contributed by atoms with Crippen LogP contribution in [0, 0.1) is 11.8 Å². The number of hydrogen-bond acceptors (Lipinski definition) is 6. The molecule has 2 aromatic rings. The summed E-state index contributed by atoms with van der Waals surface area (Å²) in [6, 6.07) is 11.8. The summed E-state index contributed by atoms with van der Waals surface area (Å²) in [7, 11) is 3.07. The maximum Gasteiger partial charge on any atom is 0.236 e. The van der Waals surface area contributed by atoms with Crippen LogP contribution in [0.3, 0.4) is 0 Å². The molecule has 186 valence electrons. The summed E-state index contributed by atoms with van der Waals surface area (Å²) in [5, 5.41) is 0. The Bertz CT molecular complexity index is 1260. The van der Waals surface area contributed by atoms with E-state index in [4.69, 9.17) is 9.47 Å². The third-order valence-electron chi connectivity index (χ3n) is 8.37. The Balaban J connectivity index is 1.45. The van der Waals surface area contributed by atoms with Gasteiger partial charge in [0.2, 0.25) is 11.8 Å². The third-order valence-corrected chi connectivity index (χ3v) is 8.37. The van der Waals surface area contributed by atoms with Gasteiger partial charge in [0.1, 0.15) is 6.04 Å². The van der Waals surface area contributed by atoms with Crippen molar-refractivity contribution < 1.29 is 23.9 Å². The Morgan fingerprint density at radius 3 is 2.36 bits per heavy atom. The molecule has 3 aliphatic heterocycles. The first-order chi connectivity index (χ1) is 17.5. The van der Waals surface area contributed by atoms with Gasteiger partial charge in [0, 0.05) is 17.8 Å². The van der Waals surface area contributed by atoms with Crippen LogP contribution in [0.25, 0.3) is 6.08 Å². The van der Waals surface area contributed by atoms with Crippen molar-refractivity contribution in [3.05, 3.63) is 65.4 Å². The minimum absolute atomic E-state index is 0.0657. The average Bonchev–Trinajstić information content (AvgIpc) is 3.40. The van der Waals surface area contributed by atoms with Crippen LogP contribution in [-0.4, -0.2) is 53.7 Å². The second-order valence-electron chi connectivity index (χ2n) is 10.1. The van der Waals surface area contributed by atoms with E-state index in [0.29, 0.717) is 17.1 Å². The Labute approximate surface area is 210 Å². The fourth-order valence-electron chi connectivity index (χ4n) is 6.74. The van der Waals surface area contributed by atoms with Crippen molar-refractivity contribution in [1.82, 2.24) is 9.80 Å². The number of fused-ring (bicyclic) bond motifs is 5. The molecule has 2 aromatic carbocycles. The molecule has 7 heteroatoms. The lowest BCUT2D eigenvalue weighted by Gasteiger charge is -2.37. The molecule has 0 bridgehead atoms. The summed E-state index contributed by atoms with van der Waals surface area (Å²) in [5.41, 5.74) is 2.44. The zero-order chi connectivity index (χ0) is 25.0. The number of Topliss-reactive ketones (excluding diaryl/α,β-unsaturated/α-hetero) is 1. The minimum Gasteiger partial charge on any atom is -0.493 e. The number of carbonyl (C=O) groups is 3. The van der Waals surface area contributed by atoms with E-state index >= 15 is 0 Å². The first kappa shape index (κ1) is 22.8. The van der Waals surface area contributed by atoms with Gasteiger partial charge in [-0.15, -0.1) is 0 Å². The first-order valence-electron chi connectivity index (χ1n) is 12.7. The third kappa shape index (κ3) is 3.29. The minimum atomic E-state index is -0.771. The lowest BCUT2D eigenvalue weighted by Crippen LogP contribution is -2.47. The molecule has 0 N–H and O–H groups in total. The molecular weight excluding hydrogens is 456 g/mol. The highest BCUT2D eigenvalue weighted by Gasteiger charge is 2.65. The van der Waals surface area contributed by atoms with Crippen LogP contribution in [0.5, 0.6) is 11.5 Å². The molecule has 2 saturated heterocycles. The van der Waals surface area contributed by atoms with Crippen molar-refractivity contribution in [2.24, 2.45) is 11.8 Å². The summed E-state index contributed by atoms with van der Waals surface area (Å²) in [4.78, 5) is 45.5. The van der Waals surface area contributed by atoms with Gasteiger partial charge in [-0.1, -0.05) is 43.5 Å². The highest BCUT2D eigenvalue weighted by atomic mass is 16.5. The normalized spacial score (nSPS) is 27.1. The van der Waals surface area contributed by atoms with E-state index < -0.39 is 17.9 Å². The number of imide groups is 1. The number of benzene rings is 2. The lowest BCUT2D eigenvalue weighted by atomic mass is 9.83. The fraction of sp³-hybridized carbons (Fsp3) is 0.414. The SMILES string of the molecule is COc1ccc(C(=O)[C@@H]2[C@@H]3C(=O)N(C4CCCCC4)C(=O)[C@@H]3[C@H]3c4ccccc4C=CN23)cc1OC. The Kier molecular flexibility index (Phi) is 5.58. The Morgan fingerprint density at radius 2 is 1.61 bits per heavy atom. The molecule has 0 unspecified atom stereocenters. The van der Waals surface area contributed by atoms with Crippen molar-refractivity contribution in [2.75, 3.05) is 14.2 Å². The van der Waals surface area contributed by atoms with Crippen LogP contribution in [0.2, 0.25) is 0 Å². The summed E-state index contributed by atoms with van der Waals surface area (Å²) >= 11 is 0. The van der Waals surface area contributed by atoms with Crippen LogP contribution < -0.4 is 9.47 Å². The van der Waals surface area contributed by atoms with Gasteiger partial charge < -0.3 is 14.4 Å². The highest BCUT2D eigenvalue weighted by Crippen LogP contribution is 2.54. The molecule has 0 aromatic heterocycles. The number of nitrogens with zero attached hydrogens (tertiary/aromatic N) is 2. The molecule has 6 rings (SSSR count). The van der Waals surface area contributed by atoms with E-state index in [1.807, 2.05) is 41.4 Å². The standard InChI is InChI=1S/C29H30N2O5/c1-35-21-13-12-18(16-22(21)36-2)27(32)26-24-23(25-20-11-7-6-8-17(20)14-15-30(25)26)28(33)31(29(24)34)19-9-4-3-5-10-19/h6-8,11-16,19,23-26H,3-5,9-10H2,1-2H3/t23-,24+,25+,26-/m0/s1. The number of methoxy groups -OCH3 is 2. The van der Waals surface area contributed by atoms with Gasteiger partial charge in [-0.2, -0.15) is 0 Å². The molecule has 7 nitrogen and oxygen atoms in total. The van der Waals surface area contributed by atoms with Crippen molar-refractivity contribution in [1.29, 1.82) is 0 Å². The largest absolute Gasteiger partial charge is 0.493 e. The Hall–Kier alpha value is -3.61. The quantitative estimate of drug-likeness (QED) is 0.465. The van der Waals surface area contributed by atoms with Gasteiger partial charge in [0.15, 0.2) is 17.3 Å². The summed E-state index contributed by atoms with van der Waals surface area (Å²) in [6.07, 6.45) is 8.72. The fourth-order valence-corrected chi connectivity index (χ4v) is 6.74. The maximum absolute atomic E-state index is 14.1. The molecule has 3 heterocycles. The summed E-state index contributed by atoms with van der Waals surface area (Å²) in [5.74, 6) is -0.842. The molecule has 4 aliphatic rings. The first-order valence-corrected chi connectivity index (χ1v) is 12.7. The summed E-state index contributed by atoms with van der Waals surface area (Å²) in [6.45, 7) is 0. The van der Waals surface area contributed by atoms with Gasteiger partial charge in [0.05, 0.1) is 32.1 Å². The number of ether oxygens (including phenoxy) is 2. The molecule has 36 heavy (non-hydrogen) atoms. The van der Waals surface area contributed by atoms with Crippen molar-refractivity contribution in [3.63, 3.8) is 0 Å². The average molecular weight is 487 g/mol. The molecule has 3 fully saturated rings. The van der Waals surface area contributed by atoms with E-state index in [9.17, 15) is 14.4 Å². The highest BCUT2D eigenvalue weighted by molar-refractivity contribution is 6.12. The molecule has 4 atom stereocenters. The monoisotopic (exact) mass is 486 g/mol. The second-order valence-corrected chi connectivity index (χ2v) is 10.1. The van der Waals surface area contributed by atoms with Crippen molar-refractivity contribution >= 4 is 23.7 Å². The van der Waals surface area contributed by atoms with Crippen molar-refractivity contribution in [2.45, 2.75) is 50.2 Å². The lowest BCUT2D eigenvalue weighted by molar-refractivity contribution is -0.144. The molecule has 1 saturated carbocycles. The van der Waals surface area contributed by atoms with Crippen molar-refractivity contribution in [3.8, 4) is 11.5 Å². The number of likely N-dealkylation sites (tertiary alicyclic amines) is 1. The van der Waals surface area contributed by atoms with E-state index in [-0.39, 0.29) is 29.7 Å². The molecule has 0 spiro atoms. The van der Waals surface area contributed by atoms with E-state index in [1.54, 1.807) is 25.3 Å². The summed E-state index contributed by atoms with van der Waals surface area (Å²) < 4.78 is 10.8. The maximum atomic E-state index is 14.1. The number of carbonyl (C=O) groups excluding carboxylic acids is 3. The van der Waals surface area contributed by atoms with Gasteiger partial charge >= 0.3 is 0 Å². The second kappa shape index (κ2) is 8.80. The van der Waals surface area contributed by atoms with Crippen LogP contribution >= 0.6 is 0 Å². The Morgan fingerprint density at radius 1 is 0.889 bits per heavy atom. The van der Waals surface area contributed by atoms with Crippen LogP contribution in [0.1, 0.15) is 59.6 Å². The molecule has 2 amide bonds. The van der Waals surface area contributed by atoms with E-state index in [2.05, 4.69) is 0 Å². The zero-order valence-corrected chi connectivity index (χ0v) is 20.6. The smallest absolute Gasteiger partial charge is 0.236 e. The number of rotatable bonds is 5. The number of amides is 2. The number of hydrogen-bond donors (Lipinski definition) is 0. The predicted octanol–water partition coefficient (Wildman–Crippen LogP) is 4.23. The zero-order valence-electron chi connectivity index (χ0n) is 20.6. The number of ketones is 1. The van der Waals surface area contributed by atoms with Crippen LogP contribution in [0.15, 0.2) is 48.7 Å². The van der Waals surface area contributed by atoms with Gasteiger partial charge in [-0.25, -0.2) is 0 Å². The van der Waals surface area contributed by atoms with E-state index in [1.165, 1.54) is 12.0 Å². The topological polar surface area (TPSA) is 76.2 Å². The van der Waals surface area contributed by atoms with E-state index in [0.717, 1.165) is 43.2 Å². The van der Waals surface area contributed by atoms with Gasteiger partial charge in [0.25, 0.3) is 0 Å². The van der Waals surface area contributed by atoms with Crippen LogP contribution in [0.4, 0.5) is 0 Å². The molecule has 1 aliphatic carbocycles.